The minimum absolute atomic E-state index is 0.0672. The SMILES string of the molecule is Nc1cccnc1C(=O)Nc1ccc(Cl)cc1C(F)(F)F. The normalized spacial score (nSPS) is 11.2. The van der Waals surface area contributed by atoms with Crippen molar-refractivity contribution in [2.45, 2.75) is 6.18 Å². The average molecular weight is 316 g/mol. The smallest absolute Gasteiger partial charge is 0.397 e. The van der Waals surface area contributed by atoms with Crippen LogP contribution >= 0.6 is 11.6 Å². The highest BCUT2D eigenvalue weighted by Crippen LogP contribution is 2.36. The standard InChI is InChI=1S/C13H9ClF3N3O/c14-7-3-4-10(8(6-7)13(15,16)17)20-12(21)11-9(18)2-1-5-19-11/h1-6H,18H2,(H,20,21). The molecule has 110 valence electrons. The van der Waals surface area contributed by atoms with Gasteiger partial charge in [-0.15, -0.1) is 0 Å². The van der Waals surface area contributed by atoms with Gasteiger partial charge in [0.05, 0.1) is 16.9 Å². The van der Waals surface area contributed by atoms with Crippen molar-refractivity contribution in [2.24, 2.45) is 0 Å². The van der Waals surface area contributed by atoms with Crippen molar-refractivity contribution in [1.82, 2.24) is 4.98 Å². The maximum atomic E-state index is 12.9. The quantitative estimate of drug-likeness (QED) is 0.890. The summed E-state index contributed by atoms with van der Waals surface area (Å²) in [5, 5.41) is 2.06. The van der Waals surface area contributed by atoms with Crippen LogP contribution < -0.4 is 11.1 Å². The second-order valence-corrected chi connectivity index (χ2v) is 4.52. The Hall–Kier alpha value is -2.28. The Morgan fingerprint density at radius 3 is 2.62 bits per heavy atom. The first kappa shape index (κ1) is 15.1. The van der Waals surface area contributed by atoms with Crippen LogP contribution in [0, 0.1) is 0 Å². The van der Waals surface area contributed by atoms with Gasteiger partial charge in [0.1, 0.15) is 0 Å². The maximum absolute atomic E-state index is 12.9. The van der Waals surface area contributed by atoms with E-state index in [4.69, 9.17) is 17.3 Å². The van der Waals surface area contributed by atoms with Crippen LogP contribution in [0.15, 0.2) is 36.5 Å². The molecule has 21 heavy (non-hydrogen) atoms. The Bertz CT molecular complexity index is 689. The number of nitrogens with zero attached hydrogens (tertiary/aromatic N) is 1. The Labute approximate surface area is 122 Å². The molecule has 3 N–H and O–H groups in total. The van der Waals surface area contributed by atoms with Crippen molar-refractivity contribution in [1.29, 1.82) is 0 Å². The molecular weight excluding hydrogens is 307 g/mol. The number of amides is 1. The molecule has 1 aromatic heterocycles. The van der Waals surface area contributed by atoms with E-state index < -0.39 is 23.3 Å². The van der Waals surface area contributed by atoms with Gasteiger partial charge >= 0.3 is 6.18 Å². The summed E-state index contributed by atoms with van der Waals surface area (Å²) >= 11 is 5.56. The van der Waals surface area contributed by atoms with E-state index in [0.29, 0.717) is 0 Å². The lowest BCUT2D eigenvalue weighted by Gasteiger charge is -2.14. The van der Waals surface area contributed by atoms with E-state index >= 15 is 0 Å². The van der Waals surface area contributed by atoms with Gasteiger partial charge in [0.2, 0.25) is 0 Å². The number of halogens is 4. The molecule has 0 bridgehead atoms. The first-order valence-corrected chi connectivity index (χ1v) is 6.05. The third-order valence-corrected chi connectivity index (χ3v) is 2.82. The van der Waals surface area contributed by atoms with Crippen LogP contribution in [-0.2, 0) is 6.18 Å². The van der Waals surface area contributed by atoms with E-state index in [-0.39, 0.29) is 16.4 Å². The monoisotopic (exact) mass is 315 g/mol. The number of pyridine rings is 1. The number of hydrogen-bond acceptors (Lipinski definition) is 3. The summed E-state index contributed by atoms with van der Waals surface area (Å²) < 4.78 is 38.7. The number of anilines is 2. The lowest BCUT2D eigenvalue weighted by molar-refractivity contribution is -0.136. The zero-order chi connectivity index (χ0) is 15.6. The lowest BCUT2D eigenvalue weighted by atomic mass is 10.1. The number of aromatic nitrogens is 1. The molecule has 0 aliphatic carbocycles. The Kier molecular flexibility index (Phi) is 4.04. The van der Waals surface area contributed by atoms with Crippen LogP contribution in [0.5, 0.6) is 0 Å². The summed E-state index contributed by atoms with van der Waals surface area (Å²) in [6.45, 7) is 0. The van der Waals surface area contributed by atoms with Crippen LogP contribution in [0.4, 0.5) is 24.5 Å². The number of nitrogens with two attached hydrogens (primary N) is 1. The molecule has 1 heterocycles. The van der Waals surface area contributed by atoms with Crippen molar-refractivity contribution in [2.75, 3.05) is 11.1 Å². The minimum atomic E-state index is -4.65. The number of nitrogen functional groups attached to an aromatic ring is 1. The average Bonchev–Trinajstić information content (AvgIpc) is 2.40. The highest BCUT2D eigenvalue weighted by molar-refractivity contribution is 6.30. The molecule has 0 unspecified atom stereocenters. The van der Waals surface area contributed by atoms with Gasteiger partial charge in [-0.3, -0.25) is 4.79 Å². The Morgan fingerprint density at radius 1 is 1.29 bits per heavy atom. The van der Waals surface area contributed by atoms with Gasteiger partial charge in [-0.25, -0.2) is 4.98 Å². The molecule has 0 saturated carbocycles. The third kappa shape index (κ3) is 3.43. The van der Waals surface area contributed by atoms with E-state index in [0.717, 1.165) is 12.1 Å². The molecule has 1 amide bonds. The van der Waals surface area contributed by atoms with Crippen molar-refractivity contribution >= 4 is 28.9 Å². The molecule has 8 heteroatoms. The summed E-state index contributed by atoms with van der Waals surface area (Å²) in [5.74, 6) is -0.832. The number of carbonyl (C=O) groups excluding carboxylic acids is 1. The van der Waals surface area contributed by atoms with Crippen LogP contribution in [0.3, 0.4) is 0 Å². The molecule has 0 atom stereocenters. The summed E-state index contributed by atoms with van der Waals surface area (Å²) in [6.07, 6.45) is -3.33. The summed E-state index contributed by atoms with van der Waals surface area (Å²) in [4.78, 5) is 15.7. The predicted octanol–water partition coefficient (Wildman–Crippen LogP) is 3.59. The fourth-order valence-corrected chi connectivity index (χ4v) is 1.82. The molecule has 2 aromatic rings. The van der Waals surface area contributed by atoms with Gasteiger partial charge in [0.25, 0.3) is 5.91 Å². The number of alkyl halides is 3. The van der Waals surface area contributed by atoms with Gasteiger partial charge in [-0.2, -0.15) is 13.2 Å². The third-order valence-electron chi connectivity index (χ3n) is 2.59. The number of benzene rings is 1. The molecule has 4 nitrogen and oxygen atoms in total. The second kappa shape index (κ2) is 5.61. The van der Waals surface area contributed by atoms with Gasteiger partial charge in [0.15, 0.2) is 5.69 Å². The fraction of sp³-hybridized carbons (Fsp3) is 0.0769. The summed E-state index contributed by atoms with van der Waals surface area (Å²) in [6, 6.07) is 5.99. The van der Waals surface area contributed by atoms with Gasteiger partial charge in [-0.1, -0.05) is 11.6 Å². The molecule has 0 spiro atoms. The Morgan fingerprint density at radius 2 is 2.00 bits per heavy atom. The highest BCUT2D eigenvalue weighted by Gasteiger charge is 2.34. The van der Waals surface area contributed by atoms with E-state index in [1.165, 1.54) is 24.4 Å². The lowest BCUT2D eigenvalue weighted by Crippen LogP contribution is -2.19. The van der Waals surface area contributed by atoms with Crippen molar-refractivity contribution in [3.05, 3.63) is 52.8 Å². The predicted molar refractivity (Wildman–Crippen MR) is 73.1 cm³/mol. The van der Waals surface area contributed by atoms with Crippen LogP contribution in [0.2, 0.25) is 5.02 Å². The van der Waals surface area contributed by atoms with Crippen LogP contribution in [-0.4, -0.2) is 10.9 Å². The molecular formula is C13H9ClF3N3O. The molecule has 0 radical (unpaired) electrons. The van der Waals surface area contributed by atoms with E-state index in [2.05, 4.69) is 10.3 Å². The number of hydrogen-bond donors (Lipinski definition) is 2. The fourth-order valence-electron chi connectivity index (χ4n) is 1.65. The van der Waals surface area contributed by atoms with Gasteiger partial charge in [-0.05, 0) is 30.3 Å². The van der Waals surface area contributed by atoms with Crippen LogP contribution in [0.1, 0.15) is 16.1 Å². The summed E-state index contributed by atoms with van der Waals surface area (Å²) in [5.41, 5.74) is 4.01. The van der Waals surface area contributed by atoms with E-state index in [9.17, 15) is 18.0 Å². The van der Waals surface area contributed by atoms with Crippen LogP contribution in [0.25, 0.3) is 0 Å². The number of carbonyl (C=O) groups is 1. The van der Waals surface area contributed by atoms with Crippen molar-refractivity contribution in [3.63, 3.8) is 0 Å². The van der Waals surface area contributed by atoms with Gasteiger partial charge < -0.3 is 11.1 Å². The number of rotatable bonds is 2. The first-order valence-electron chi connectivity index (χ1n) is 5.67. The second-order valence-electron chi connectivity index (χ2n) is 4.08. The largest absolute Gasteiger partial charge is 0.418 e. The number of nitrogens with one attached hydrogen (secondary N) is 1. The molecule has 0 aliphatic heterocycles. The highest BCUT2D eigenvalue weighted by atomic mass is 35.5. The summed E-state index contributed by atoms with van der Waals surface area (Å²) in [7, 11) is 0. The molecule has 1 aromatic carbocycles. The van der Waals surface area contributed by atoms with E-state index in [1.54, 1.807) is 0 Å². The van der Waals surface area contributed by atoms with E-state index in [1.807, 2.05) is 0 Å². The molecule has 0 fully saturated rings. The zero-order valence-electron chi connectivity index (χ0n) is 10.4. The van der Waals surface area contributed by atoms with Crippen molar-refractivity contribution in [3.8, 4) is 0 Å². The topological polar surface area (TPSA) is 68.0 Å². The minimum Gasteiger partial charge on any atom is -0.397 e. The maximum Gasteiger partial charge on any atom is 0.418 e. The Balaban J connectivity index is 2.36. The van der Waals surface area contributed by atoms with Gasteiger partial charge in [0, 0.05) is 11.2 Å². The molecule has 2 rings (SSSR count). The molecule has 0 saturated heterocycles. The zero-order valence-corrected chi connectivity index (χ0v) is 11.2. The first-order chi connectivity index (χ1) is 9.79. The molecule has 0 aliphatic rings. The van der Waals surface area contributed by atoms with Crippen molar-refractivity contribution < 1.29 is 18.0 Å².